The van der Waals surface area contributed by atoms with Gasteiger partial charge in [0, 0.05) is 29.7 Å². The van der Waals surface area contributed by atoms with Crippen LogP contribution in [0.3, 0.4) is 0 Å². The van der Waals surface area contributed by atoms with Gasteiger partial charge in [-0.3, -0.25) is 4.79 Å². The Morgan fingerprint density at radius 1 is 1.33 bits per heavy atom. The van der Waals surface area contributed by atoms with Crippen molar-refractivity contribution < 1.29 is 13.2 Å². The van der Waals surface area contributed by atoms with E-state index in [2.05, 4.69) is 15.9 Å². The molecule has 1 atom stereocenters. The number of likely N-dealkylation sites (tertiary alicyclic amines) is 1. The van der Waals surface area contributed by atoms with E-state index in [4.69, 9.17) is 0 Å². The summed E-state index contributed by atoms with van der Waals surface area (Å²) in [7, 11) is -3.21. The van der Waals surface area contributed by atoms with Crippen LogP contribution < -0.4 is 0 Å². The molecular weight excluding hydrogens is 318 g/mol. The summed E-state index contributed by atoms with van der Waals surface area (Å²) in [6.07, 6.45) is 2.10. The molecule has 4 nitrogen and oxygen atoms in total. The van der Waals surface area contributed by atoms with Crippen LogP contribution in [0.2, 0.25) is 0 Å². The van der Waals surface area contributed by atoms with E-state index in [1.807, 2.05) is 0 Å². The number of nitrogens with zero attached hydrogens (tertiary/aromatic N) is 1. The molecule has 1 amide bonds. The molecule has 1 heterocycles. The molecule has 1 aromatic carbocycles. The number of carbonyl (C=O) groups is 1. The van der Waals surface area contributed by atoms with Crippen LogP contribution in [0.15, 0.2) is 29.2 Å². The zero-order valence-corrected chi connectivity index (χ0v) is 12.4. The van der Waals surface area contributed by atoms with E-state index >= 15 is 0 Å². The van der Waals surface area contributed by atoms with Crippen LogP contribution in [-0.4, -0.2) is 43.4 Å². The fraction of sp³-hybridized carbons (Fsp3) is 0.417. The maximum absolute atomic E-state index is 12.1. The molecule has 6 heteroatoms. The average molecular weight is 332 g/mol. The summed E-state index contributed by atoms with van der Waals surface area (Å²) >= 11 is 3.48. The highest BCUT2D eigenvalue weighted by Crippen LogP contribution is 2.19. The molecule has 18 heavy (non-hydrogen) atoms. The van der Waals surface area contributed by atoms with E-state index in [-0.39, 0.29) is 10.8 Å². The van der Waals surface area contributed by atoms with E-state index in [1.165, 1.54) is 12.1 Å². The highest BCUT2D eigenvalue weighted by Gasteiger charge is 2.25. The van der Waals surface area contributed by atoms with Crippen molar-refractivity contribution >= 4 is 31.7 Å². The maximum Gasteiger partial charge on any atom is 0.253 e. The number of rotatable bonds is 2. The smallest absolute Gasteiger partial charge is 0.253 e. The highest BCUT2D eigenvalue weighted by atomic mass is 79.9. The van der Waals surface area contributed by atoms with Gasteiger partial charge in [-0.2, -0.15) is 0 Å². The Labute approximate surface area is 115 Å². The van der Waals surface area contributed by atoms with Crippen LogP contribution in [-0.2, 0) is 9.84 Å². The first-order valence-corrected chi connectivity index (χ1v) is 8.42. The van der Waals surface area contributed by atoms with Gasteiger partial charge in [0.15, 0.2) is 9.84 Å². The third-order valence-electron chi connectivity index (χ3n) is 2.95. The third-order valence-corrected chi connectivity index (χ3v) is 4.82. The summed E-state index contributed by atoms with van der Waals surface area (Å²) in [5.74, 6) is -0.0444. The second-order valence-electron chi connectivity index (χ2n) is 4.43. The maximum atomic E-state index is 12.1. The van der Waals surface area contributed by atoms with Crippen molar-refractivity contribution in [3.63, 3.8) is 0 Å². The molecule has 2 rings (SSSR count). The Bertz CT molecular complexity index is 553. The van der Waals surface area contributed by atoms with Gasteiger partial charge in [-0.05, 0) is 30.7 Å². The van der Waals surface area contributed by atoms with Gasteiger partial charge in [0.05, 0.1) is 4.90 Å². The summed E-state index contributed by atoms with van der Waals surface area (Å²) in [5.41, 5.74) is 0.531. The Morgan fingerprint density at radius 2 is 1.94 bits per heavy atom. The minimum atomic E-state index is -3.21. The lowest BCUT2D eigenvalue weighted by Gasteiger charge is -2.15. The molecule has 0 spiro atoms. The van der Waals surface area contributed by atoms with Gasteiger partial charge in [-0.25, -0.2) is 8.42 Å². The first kappa shape index (κ1) is 13.5. The molecule has 1 saturated heterocycles. The molecule has 1 aliphatic heterocycles. The molecule has 1 fully saturated rings. The molecule has 1 aromatic rings. The van der Waals surface area contributed by atoms with Gasteiger partial charge in [0.1, 0.15) is 0 Å². The number of alkyl halides is 1. The average Bonchev–Trinajstić information content (AvgIpc) is 2.74. The number of sulfone groups is 1. The number of amides is 1. The number of benzene rings is 1. The van der Waals surface area contributed by atoms with Crippen LogP contribution in [0.5, 0.6) is 0 Å². The molecule has 0 aromatic heterocycles. The van der Waals surface area contributed by atoms with E-state index in [1.54, 1.807) is 17.0 Å². The van der Waals surface area contributed by atoms with Crippen molar-refractivity contribution in [2.45, 2.75) is 16.1 Å². The predicted molar refractivity (Wildman–Crippen MR) is 72.8 cm³/mol. The monoisotopic (exact) mass is 331 g/mol. The van der Waals surface area contributed by atoms with Crippen molar-refractivity contribution in [2.24, 2.45) is 0 Å². The first-order valence-electron chi connectivity index (χ1n) is 5.61. The lowest BCUT2D eigenvalue weighted by molar-refractivity contribution is 0.0793. The van der Waals surface area contributed by atoms with E-state index in [0.29, 0.717) is 16.9 Å². The number of halogens is 1. The Kier molecular flexibility index (Phi) is 3.77. The SMILES string of the molecule is CS(=O)(=O)c1ccc(C(=O)N2CCC(Br)C2)cc1. The van der Waals surface area contributed by atoms with Crippen molar-refractivity contribution in [3.8, 4) is 0 Å². The molecule has 1 aliphatic rings. The van der Waals surface area contributed by atoms with Crippen LogP contribution in [0.1, 0.15) is 16.8 Å². The largest absolute Gasteiger partial charge is 0.337 e. The van der Waals surface area contributed by atoms with E-state index < -0.39 is 9.84 Å². The van der Waals surface area contributed by atoms with Gasteiger partial charge in [-0.15, -0.1) is 0 Å². The minimum absolute atomic E-state index is 0.0444. The minimum Gasteiger partial charge on any atom is -0.337 e. The normalized spacial score (nSPS) is 20.1. The highest BCUT2D eigenvalue weighted by molar-refractivity contribution is 9.09. The molecule has 0 N–H and O–H groups in total. The number of hydrogen-bond acceptors (Lipinski definition) is 3. The van der Waals surface area contributed by atoms with E-state index in [0.717, 1.165) is 19.2 Å². The Morgan fingerprint density at radius 3 is 2.39 bits per heavy atom. The van der Waals surface area contributed by atoms with Gasteiger partial charge in [0.2, 0.25) is 0 Å². The quantitative estimate of drug-likeness (QED) is 0.775. The third kappa shape index (κ3) is 2.92. The zero-order chi connectivity index (χ0) is 13.3. The predicted octanol–water partition coefficient (Wildman–Crippen LogP) is 1.70. The standard InChI is InChI=1S/C12H14BrNO3S/c1-18(16,17)11-4-2-9(3-5-11)12(15)14-7-6-10(13)8-14/h2-5,10H,6-8H2,1H3. The van der Waals surface area contributed by atoms with Crippen molar-refractivity contribution in [1.82, 2.24) is 4.90 Å². The van der Waals surface area contributed by atoms with Crippen LogP contribution in [0.25, 0.3) is 0 Å². The van der Waals surface area contributed by atoms with Gasteiger partial charge < -0.3 is 4.90 Å². The second-order valence-corrected chi connectivity index (χ2v) is 7.74. The van der Waals surface area contributed by atoms with Crippen molar-refractivity contribution in [1.29, 1.82) is 0 Å². The Hall–Kier alpha value is -0.880. The summed E-state index contributed by atoms with van der Waals surface area (Å²) in [6, 6.07) is 6.09. The molecule has 0 bridgehead atoms. The van der Waals surface area contributed by atoms with Crippen molar-refractivity contribution in [2.75, 3.05) is 19.3 Å². The summed E-state index contributed by atoms with van der Waals surface area (Å²) in [4.78, 5) is 14.5. The first-order chi connectivity index (χ1) is 8.38. The molecular formula is C12H14BrNO3S. The fourth-order valence-electron chi connectivity index (χ4n) is 1.93. The lowest BCUT2D eigenvalue weighted by atomic mass is 10.2. The van der Waals surface area contributed by atoms with Gasteiger partial charge in [0.25, 0.3) is 5.91 Å². The van der Waals surface area contributed by atoms with Crippen LogP contribution >= 0.6 is 15.9 Å². The topological polar surface area (TPSA) is 54.5 Å². The molecule has 0 aliphatic carbocycles. The molecule has 1 unspecified atom stereocenters. The fourth-order valence-corrected chi connectivity index (χ4v) is 3.11. The van der Waals surface area contributed by atoms with Crippen molar-refractivity contribution in [3.05, 3.63) is 29.8 Å². The summed E-state index contributed by atoms with van der Waals surface area (Å²) < 4.78 is 22.6. The molecule has 0 saturated carbocycles. The Balaban J connectivity index is 2.17. The molecule has 98 valence electrons. The van der Waals surface area contributed by atoms with E-state index in [9.17, 15) is 13.2 Å². The summed E-state index contributed by atoms with van der Waals surface area (Å²) in [6.45, 7) is 1.44. The number of hydrogen-bond donors (Lipinski definition) is 0. The lowest BCUT2D eigenvalue weighted by Crippen LogP contribution is -2.28. The summed E-state index contributed by atoms with van der Waals surface area (Å²) in [5, 5.41) is 0. The van der Waals surface area contributed by atoms with Crippen LogP contribution in [0, 0.1) is 0 Å². The number of carbonyl (C=O) groups excluding carboxylic acids is 1. The second kappa shape index (κ2) is 5.01. The zero-order valence-electron chi connectivity index (χ0n) is 9.97. The molecule has 0 radical (unpaired) electrons. The van der Waals surface area contributed by atoms with Gasteiger partial charge in [-0.1, -0.05) is 15.9 Å². The van der Waals surface area contributed by atoms with Gasteiger partial charge >= 0.3 is 0 Å². The van der Waals surface area contributed by atoms with Crippen LogP contribution in [0.4, 0.5) is 0 Å².